The SMILES string of the molecule is COCCn1c(SCC(=O)N(C)CC(=O)Nc2ccccc2Cl)nc2ccccc21. The summed E-state index contributed by atoms with van der Waals surface area (Å²) in [6.45, 7) is 1.12. The number of hydrogen-bond donors (Lipinski definition) is 1. The van der Waals surface area contributed by atoms with Crippen molar-refractivity contribution in [2.24, 2.45) is 0 Å². The molecule has 0 spiro atoms. The molecule has 0 fully saturated rings. The quantitative estimate of drug-likeness (QED) is 0.509. The Bertz CT molecular complexity index is 1040. The highest BCUT2D eigenvalue weighted by molar-refractivity contribution is 7.99. The molecule has 0 saturated heterocycles. The van der Waals surface area contributed by atoms with Crippen LogP contribution >= 0.6 is 23.4 Å². The molecule has 0 aliphatic carbocycles. The zero-order valence-corrected chi connectivity index (χ0v) is 18.4. The number of imidazole rings is 1. The van der Waals surface area contributed by atoms with Crippen molar-refractivity contribution < 1.29 is 14.3 Å². The third-order valence-electron chi connectivity index (χ3n) is 4.42. The van der Waals surface area contributed by atoms with Gasteiger partial charge in [-0.05, 0) is 24.3 Å². The van der Waals surface area contributed by atoms with Gasteiger partial charge in [-0.3, -0.25) is 9.59 Å². The summed E-state index contributed by atoms with van der Waals surface area (Å²) in [5.74, 6) is -0.303. The van der Waals surface area contributed by atoms with Crippen LogP contribution in [0.4, 0.5) is 5.69 Å². The van der Waals surface area contributed by atoms with E-state index in [-0.39, 0.29) is 24.1 Å². The normalized spacial score (nSPS) is 10.9. The lowest BCUT2D eigenvalue weighted by atomic mass is 10.3. The van der Waals surface area contributed by atoms with Gasteiger partial charge in [-0.25, -0.2) is 4.98 Å². The monoisotopic (exact) mass is 446 g/mol. The summed E-state index contributed by atoms with van der Waals surface area (Å²) in [5, 5.41) is 3.91. The summed E-state index contributed by atoms with van der Waals surface area (Å²) in [5.41, 5.74) is 2.39. The second-order valence-electron chi connectivity index (χ2n) is 6.59. The molecule has 158 valence electrons. The lowest BCUT2D eigenvalue weighted by molar-refractivity contribution is -0.131. The third kappa shape index (κ3) is 5.53. The molecule has 1 aromatic heterocycles. The molecule has 9 heteroatoms. The molecule has 30 heavy (non-hydrogen) atoms. The molecule has 2 aromatic carbocycles. The van der Waals surface area contributed by atoms with E-state index in [4.69, 9.17) is 16.3 Å². The van der Waals surface area contributed by atoms with Crippen LogP contribution in [0.3, 0.4) is 0 Å². The summed E-state index contributed by atoms with van der Waals surface area (Å²) < 4.78 is 7.24. The zero-order valence-electron chi connectivity index (χ0n) is 16.8. The van der Waals surface area contributed by atoms with Gasteiger partial charge < -0.3 is 19.5 Å². The number of para-hydroxylation sites is 3. The third-order valence-corrected chi connectivity index (χ3v) is 5.71. The van der Waals surface area contributed by atoms with Crippen molar-refractivity contribution >= 4 is 51.9 Å². The molecule has 2 amide bonds. The fourth-order valence-electron chi connectivity index (χ4n) is 2.85. The van der Waals surface area contributed by atoms with E-state index >= 15 is 0 Å². The number of rotatable bonds is 9. The van der Waals surface area contributed by atoms with Crippen molar-refractivity contribution in [2.45, 2.75) is 11.7 Å². The molecule has 1 heterocycles. The molecule has 0 radical (unpaired) electrons. The van der Waals surface area contributed by atoms with Gasteiger partial charge >= 0.3 is 0 Å². The van der Waals surface area contributed by atoms with E-state index in [1.54, 1.807) is 38.4 Å². The molecule has 0 aliphatic rings. The van der Waals surface area contributed by atoms with Crippen LogP contribution in [0, 0.1) is 0 Å². The first-order chi connectivity index (χ1) is 14.5. The van der Waals surface area contributed by atoms with Gasteiger partial charge in [0.05, 0.1) is 40.6 Å². The van der Waals surface area contributed by atoms with E-state index < -0.39 is 0 Å². The number of carbonyl (C=O) groups is 2. The Balaban J connectivity index is 1.59. The Hall–Kier alpha value is -2.55. The number of amides is 2. The number of likely N-dealkylation sites (N-methyl/N-ethyl adjacent to an activating group) is 1. The lowest BCUT2D eigenvalue weighted by Crippen LogP contribution is -2.36. The summed E-state index contributed by atoms with van der Waals surface area (Å²) >= 11 is 7.40. The molecular weight excluding hydrogens is 424 g/mol. The molecule has 0 saturated carbocycles. The highest BCUT2D eigenvalue weighted by Crippen LogP contribution is 2.24. The molecule has 7 nitrogen and oxygen atoms in total. The summed E-state index contributed by atoms with van der Waals surface area (Å²) in [4.78, 5) is 30.8. The molecule has 0 aliphatic heterocycles. The smallest absolute Gasteiger partial charge is 0.244 e. The number of nitrogens with one attached hydrogen (secondary N) is 1. The topological polar surface area (TPSA) is 76.5 Å². The molecule has 0 atom stereocenters. The number of benzene rings is 2. The van der Waals surface area contributed by atoms with Gasteiger partial charge in [0.1, 0.15) is 0 Å². The van der Waals surface area contributed by atoms with Crippen LogP contribution < -0.4 is 5.32 Å². The van der Waals surface area contributed by atoms with E-state index in [0.29, 0.717) is 23.9 Å². The number of halogens is 1. The lowest BCUT2D eigenvalue weighted by Gasteiger charge is -2.17. The number of carbonyl (C=O) groups excluding carboxylic acids is 2. The van der Waals surface area contributed by atoms with E-state index in [9.17, 15) is 9.59 Å². The minimum Gasteiger partial charge on any atom is -0.383 e. The predicted molar refractivity (Wildman–Crippen MR) is 120 cm³/mol. The first-order valence-electron chi connectivity index (χ1n) is 9.35. The Morgan fingerprint density at radius 1 is 1.20 bits per heavy atom. The fourth-order valence-corrected chi connectivity index (χ4v) is 4.02. The molecule has 0 unspecified atom stereocenters. The number of fused-ring (bicyclic) bond motifs is 1. The Kier molecular flexibility index (Phi) is 7.73. The molecule has 0 bridgehead atoms. The van der Waals surface area contributed by atoms with E-state index in [0.717, 1.165) is 16.2 Å². The largest absolute Gasteiger partial charge is 0.383 e. The van der Waals surface area contributed by atoms with Crippen molar-refractivity contribution in [3.8, 4) is 0 Å². The predicted octanol–water partition coefficient (Wildman–Crippen LogP) is 3.53. The maximum atomic E-state index is 12.5. The van der Waals surface area contributed by atoms with Gasteiger partial charge in [0.15, 0.2) is 5.16 Å². The van der Waals surface area contributed by atoms with Crippen molar-refractivity contribution in [3.63, 3.8) is 0 Å². The number of hydrogen-bond acceptors (Lipinski definition) is 5. The Morgan fingerprint density at radius 2 is 1.93 bits per heavy atom. The Morgan fingerprint density at radius 3 is 2.70 bits per heavy atom. The van der Waals surface area contributed by atoms with Gasteiger partial charge in [-0.1, -0.05) is 47.6 Å². The summed E-state index contributed by atoms with van der Waals surface area (Å²) in [7, 11) is 3.25. The van der Waals surface area contributed by atoms with Crippen LogP contribution in [0.15, 0.2) is 53.7 Å². The highest BCUT2D eigenvalue weighted by Gasteiger charge is 2.17. The first-order valence-corrected chi connectivity index (χ1v) is 10.7. The fraction of sp³-hybridized carbons (Fsp3) is 0.286. The summed E-state index contributed by atoms with van der Waals surface area (Å²) in [6.07, 6.45) is 0. The number of thioether (sulfide) groups is 1. The van der Waals surface area contributed by atoms with Gasteiger partial charge in [0.25, 0.3) is 0 Å². The number of nitrogens with zero attached hydrogens (tertiary/aromatic N) is 3. The minimum absolute atomic E-state index is 0.0648. The van der Waals surface area contributed by atoms with Crippen LogP contribution in [0.5, 0.6) is 0 Å². The second kappa shape index (κ2) is 10.5. The number of methoxy groups -OCH3 is 1. The van der Waals surface area contributed by atoms with Crippen LogP contribution in [0.25, 0.3) is 11.0 Å². The molecule has 3 rings (SSSR count). The Labute approximate surface area is 184 Å². The van der Waals surface area contributed by atoms with E-state index in [1.165, 1.54) is 16.7 Å². The first kappa shape index (κ1) is 22.1. The van der Waals surface area contributed by atoms with Gasteiger partial charge in [0, 0.05) is 20.7 Å². The van der Waals surface area contributed by atoms with Crippen LogP contribution in [-0.4, -0.2) is 59.3 Å². The van der Waals surface area contributed by atoms with Crippen molar-refractivity contribution in [2.75, 3.05) is 38.4 Å². The van der Waals surface area contributed by atoms with E-state index in [1.807, 2.05) is 28.8 Å². The standard InChI is InChI=1S/C21H23ClN4O3S/c1-25(13-19(27)23-16-8-4-3-7-15(16)22)20(28)14-30-21-24-17-9-5-6-10-18(17)26(21)11-12-29-2/h3-10H,11-14H2,1-2H3,(H,23,27). The van der Waals surface area contributed by atoms with Crippen molar-refractivity contribution in [1.82, 2.24) is 14.5 Å². The average molecular weight is 447 g/mol. The minimum atomic E-state index is -0.309. The number of ether oxygens (including phenoxy) is 1. The highest BCUT2D eigenvalue weighted by atomic mass is 35.5. The number of aromatic nitrogens is 2. The molecular formula is C21H23ClN4O3S. The zero-order chi connectivity index (χ0) is 21.5. The summed E-state index contributed by atoms with van der Waals surface area (Å²) in [6, 6.07) is 14.8. The van der Waals surface area contributed by atoms with Crippen LogP contribution in [0.2, 0.25) is 5.02 Å². The van der Waals surface area contributed by atoms with Crippen LogP contribution in [-0.2, 0) is 20.9 Å². The van der Waals surface area contributed by atoms with Crippen molar-refractivity contribution in [3.05, 3.63) is 53.6 Å². The van der Waals surface area contributed by atoms with E-state index in [2.05, 4.69) is 10.3 Å². The van der Waals surface area contributed by atoms with Crippen molar-refractivity contribution in [1.29, 1.82) is 0 Å². The molecule has 1 N–H and O–H groups in total. The van der Waals surface area contributed by atoms with Gasteiger partial charge in [0.2, 0.25) is 11.8 Å². The average Bonchev–Trinajstić information content (AvgIpc) is 3.09. The number of anilines is 1. The van der Waals surface area contributed by atoms with Gasteiger partial charge in [-0.15, -0.1) is 0 Å². The maximum absolute atomic E-state index is 12.5. The maximum Gasteiger partial charge on any atom is 0.244 e. The second-order valence-corrected chi connectivity index (χ2v) is 7.94. The van der Waals surface area contributed by atoms with Crippen LogP contribution in [0.1, 0.15) is 0 Å². The van der Waals surface area contributed by atoms with Gasteiger partial charge in [-0.2, -0.15) is 0 Å². The molecule has 3 aromatic rings.